The number of carbonyl (C=O) groups is 2. The fourth-order valence-corrected chi connectivity index (χ4v) is 2.34. The molecule has 0 aliphatic heterocycles. The van der Waals surface area contributed by atoms with Crippen molar-refractivity contribution in [1.29, 1.82) is 0 Å². The zero-order valence-electron chi connectivity index (χ0n) is 15.0. The highest BCUT2D eigenvalue weighted by molar-refractivity contribution is 5.87. The second kappa shape index (κ2) is 9.12. The van der Waals surface area contributed by atoms with E-state index in [2.05, 4.69) is 10.1 Å². The van der Waals surface area contributed by atoms with Gasteiger partial charge in [0.05, 0.1) is 7.11 Å². The average molecular weight is 396 g/mol. The zero-order chi connectivity index (χ0) is 20.6. The summed E-state index contributed by atoms with van der Waals surface area (Å²) in [5, 5.41) is 3.87. The van der Waals surface area contributed by atoms with E-state index in [0.717, 1.165) is 12.7 Å². The Morgan fingerprint density at radius 3 is 2.07 bits per heavy atom. The summed E-state index contributed by atoms with van der Waals surface area (Å²) >= 11 is 0. The summed E-state index contributed by atoms with van der Waals surface area (Å²) in [6, 6.07) is 14.7. The third kappa shape index (κ3) is 5.15. The molecule has 0 radical (unpaired) electrons. The molecule has 0 aromatic heterocycles. The van der Waals surface area contributed by atoms with Crippen LogP contribution in [-0.2, 0) is 16.0 Å². The van der Waals surface area contributed by atoms with Crippen LogP contribution in [0.4, 0.5) is 18.0 Å². The van der Waals surface area contributed by atoms with Crippen LogP contribution in [0.25, 0.3) is 0 Å². The van der Waals surface area contributed by atoms with Gasteiger partial charge in [-0.2, -0.15) is 13.2 Å². The highest BCUT2D eigenvalue weighted by atomic mass is 19.4. The van der Waals surface area contributed by atoms with Crippen molar-refractivity contribution in [2.45, 2.75) is 18.3 Å². The Morgan fingerprint density at radius 1 is 0.964 bits per heavy atom. The molecule has 0 saturated carbocycles. The van der Waals surface area contributed by atoms with Crippen LogP contribution in [0.5, 0.6) is 5.75 Å². The van der Waals surface area contributed by atoms with E-state index in [1.807, 2.05) is 18.2 Å². The van der Waals surface area contributed by atoms with Crippen molar-refractivity contribution in [3.63, 3.8) is 0 Å². The summed E-state index contributed by atoms with van der Waals surface area (Å²) in [5.74, 6) is -2.07. The minimum absolute atomic E-state index is 0.0519. The first-order chi connectivity index (χ1) is 13.3. The fourth-order valence-electron chi connectivity index (χ4n) is 2.34. The number of halogens is 3. The minimum Gasteiger partial charge on any atom is -0.464 e. The predicted octanol–water partition coefficient (Wildman–Crippen LogP) is 3.04. The molecule has 2 N–H and O–H groups in total. The van der Waals surface area contributed by atoms with Crippen LogP contribution >= 0.6 is 0 Å². The number of alkyl halides is 3. The van der Waals surface area contributed by atoms with Crippen LogP contribution in [0, 0.1) is 0 Å². The number of carbonyl (C=O) groups excluding carboxylic acids is 2. The van der Waals surface area contributed by atoms with Gasteiger partial charge in [0.1, 0.15) is 5.75 Å². The molecule has 2 aromatic rings. The Labute approximate surface area is 159 Å². The third-order valence-corrected chi connectivity index (χ3v) is 3.72. The standard InChI is InChI=1S/C19H19F3N2O4/c1-27-16(25)18(19(20,21)22,28-15-10-6-3-7-11-15)24-17(26)23-13-12-14-8-4-2-5-9-14/h2-11H,12-13H2,1H3,(H2,23,24,26)/t18-/m1/s1. The number of nitrogens with one attached hydrogen (secondary N) is 2. The third-order valence-electron chi connectivity index (χ3n) is 3.72. The number of hydrogen-bond donors (Lipinski definition) is 2. The molecule has 150 valence electrons. The van der Waals surface area contributed by atoms with Gasteiger partial charge < -0.3 is 14.8 Å². The molecular formula is C19H19F3N2O4. The number of rotatable bonds is 7. The summed E-state index contributed by atoms with van der Waals surface area (Å²) < 4.78 is 50.5. The molecule has 0 saturated heterocycles. The normalized spacial score (nSPS) is 13.1. The number of esters is 1. The lowest BCUT2D eigenvalue weighted by atomic mass is 10.1. The molecule has 0 bridgehead atoms. The van der Waals surface area contributed by atoms with Gasteiger partial charge in [-0.1, -0.05) is 48.5 Å². The van der Waals surface area contributed by atoms with E-state index in [9.17, 15) is 22.8 Å². The molecule has 28 heavy (non-hydrogen) atoms. The maximum atomic E-state index is 13.8. The number of ether oxygens (including phenoxy) is 2. The minimum atomic E-state index is -5.29. The van der Waals surface area contributed by atoms with Gasteiger partial charge in [0.2, 0.25) is 0 Å². The first-order valence-electron chi connectivity index (χ1n) is 8.27. The Morgan fingerprint density at radius 2 is 1.54 bits per heavy atom. The zero-order valence-corrected chi connectivity index (χ0v) is 15.0. The molecular weight excluding hydrogens is 377 g/mol. The maximum Gasteiger partial charge on any atom is 0.460 e. The second-order valence-electron chi connectivity index (χ2n) is 5.70. The molecule has 9 heteroatoms. The average Bonchev–Trinajstić information content (AvgIpc) is 2.67. The summed E-state index contributed by atoms with van der Waals surface area (Å²) in [4.78, 5) is 24.1. The van der Waals surface area contributed by atoms with E-state index in [1.165, 1.54) is 24.3 Å². The van der Waals surface area contributed by atoms with Crippen LogP contribution < -0.4 is 15.4 Å². The van der Waals surface area contributed by atoms with E-state index in [4.69, 9.17) is 4.74 Å². The maximum absolute atomic E-state index is 13.8. The van der Waals surface area contributed by atoms with Crippen LogP contribution in [0.2, 0.25) is 0 Å². The smallest absolute Gasteiger partial charge is 0.460 e. The van der Waals surface area contributed by atoms with E-state index < -0.39 is 23.9 Å². The first kappa shape index (κ1) is 21.1. The van der Waals surface area contributed by atoms with E-state index >= 15 is 0 Å². The van der Waals surface area contributed by atoms with Crippen molar-refractivity contribution in [3.8, 4) is 5.75 Å². The van der Waals surface area contributed by atoms with Crippen molar-refractivity contribution in [3.05, 3.63) is 66.2 Å². The summed E-state index contributed by atoms with van der Waals surface area (Å²) in [5.41, 5.74) is -2.81. The summed E-state index contributed by atoms with van der Waals surface area (Å²) in [6.45, 7) is 0.0519. The van der Waals surface area contributed by atoms with Crippen molar-refractivity contribution in [2.75, 3.05) is 13.7 Å². The Hall–Kier alpha value is -3.23. The van der Waals surface area contributed by atoms with Gasteiger partial charge in [0, 0.05) is 6.54 Å². The molecule has 2 aromatic carbocycles. The molecule has 2 rings (SSSR count). The van der Waals surface area contributed by atoms with Gasteiger partial charge in [0.15, 0.2) is 0 Å². The number of urea groups is 1. The largest absolute Gasteiger partial charge is 0.464 e. The topological polar surface area (TPSA) is 76.7 Å². The molecule has 0 aliphatic carbocycles. The quantitative estimate of drug-likeness (QED) is 0.557. The molecule has 6 nitrogen and oxygen atoms in total. The fraction of sp³-hybridized carbons (Fsp3) is 0.263. The van der Waals surface area contributed by atoms with Gasteiger partial charge in [-0.05, 0) is 24.1 Å². The Bertz CT molecular complexity index is 785. The van der Waals surface area contributed by atoms with Crippen LogP contribution in [0.1, 0.15) is 5.56 Å². The van der Waals surface area contributed by atoms with Crippen molar-refractivity contribution >= 4 is 12.0 Å². The molecule has 0 fully saturated rings. The first-order valence-corrected chi connectivity index (χ1v) is 8.27. The summed E-state index contributed by atoms with van der Waals surface area (Å²) in [6.07, 6.45) is -4.89. The number of benzene rings is 2. The molecule has 0 aliphatic rings. The lowest BCUT2D eigenvalue weighted by Crippen LogP contribution is -2.69. The van der Waals surface area contributed by atoms with Crippen LogP contribution in [-0.4, -0.2) is 37.6 Å². The van der Waals surface area contributed by atoms with Crippen LogP contribution in [0.3, 0.4) is 0 Å². The molecule has 0 unspecified atom stereocenters. The molecule has 1 atom stereocenters. The second-order valence-corrected chi connectivity index (χ2v) is 5.70. The number of hydrogen-bond acceptors (Lipinski definition) is 4. The number of para-hydroxylation sites is 1. The van der Waals surface area contributed by atoms with Crippen LogP contribution in [0.15, 0.2) is 60.7 Å². The van der Waals surface area contributed by atoms with E-state index in [1.54, 1.807) is 23.5 Å². The van der Waals surface area contributed by atoms with Gasteiger partial charge in [-0.25, -0.2) is 9.59 Å². The number of amides is 2. The van der Waals surface area contributed by atoms with Gasteiger partial charge >= 0.3 is 23.9 Å². The van der Waals surface area contributed by atoms with E-state index in [-0.39, 0.29) is 12.3 Å². The number of methoxy groups -OCH3 is 1. The molecule has 2 amide bonds. The van der Waals surface area contributed by atoms with Gasteiger partial charge in [-0.15, -0.1) is 0 Å². The lowest BCUT2D eigenvalue weighted by Gasteiger charge is -2.33. The molecule has 0 heterocycles. The lowest BCUT2D eigenvalue weighted by molar-refractivity contribution is -0.258. The van der Waals surface area contributed by atoms with Crippen molar-refractivity contribution < 1.29 is 32.2 Å². The predicted molar refractivity (Wildman–Crippen MR) is 94.6 cm³/mol. The highest BCUT2D eigenvalue weighted by Gasteiger charge is 2.66. The monoisotopic (exact) mass is 396 g/mol. The SMILES string of the molecule is COC(=O)[C@@](NC(=O)NCCc1ccccc1)(Oc1ccccc1)C(F)(F)F. The molecule has 0 spiro atoms. The highest BCUT2D eigenvalue weighted by Crippen LogP contribution is 2.34. The van der Waals surface area contributed by atoms with Crippen molar-refractivity contribution in [1.82, 2.24) is 10.6 Å². The van der Waals surface area contributed by atoms with E-state index in [0.29, 0.717) is 6.42 Å². The van der Waals surface area contributed by atoms with Crippen molar-refractivity contribution in [2.24, 2.45) is 0 Å². The van der Waals surface area contributed by atoms with Gasteiger partial charge in [-0.3, -0.25) is 5.32 Å². The Balaban J connectivity index is 2.15. The Kier molecular flexibility index (Phi) is 6.86. The van der Waals surface area contributed by atoms with Gasteiger partial charge in [0.25, 0.3) is 0 Å². The summed E-state index contributed by atoms with van der Waals surface area (Å²) in [7, 11) is 0.770.